The Morgan fingerprint density at radius 3 is 1.32 bits per heavy atom. The Kier molecular flexibility index (Phi) is 7.84. The Bertz CT molecular complexity index is 865. The van der Waals surface area contributed by atoms with E-state index < -0.39 is 7.92 Å². The van der Waals surface area contributed by atoms with E-state index in [4.69, 9.17) is 4.74 Å². The summed E-state index contributed by atoms with van der Waals surface area (Å²) in [5.74, 6) is 0.879. The summed E-state index contributed by atoms with van der Waals surface area (Å²) in [4.78, 5) is 0. The number of benzene rings is 4. The maximum atomic E-state index is 4.96. The largest absolute Gasteiger partial charge is 0.497 e. The zero-order chi connectivity index (χ0) is 19.6. The monoisotopic (exact) mass is 448 g/mol. The van der Waals surface area contributed by atoms with Gasteiger partial charge in [-0.3, -0.25) is 0 Å². The molecular formula is C25H22BrOP. The van der Waals surface area contributed by atoms with Crippen molar-refractivity contribution in [2.75, 3.05) is 7.11 Å². The molecule has 0 N–H and O–H groups in total. The Balaban J connectivity index is 0.000000211. The first-order chi connectivity index (χ1) is 13.8. The minimum Gasteiger partial charge on any atom is -0.497 e. The van der Waals surface area contributed by atoms with Gasteiger partial charge in [-0.15, -0.1) is 0 Å². The lowest BCUT2D eigenvalue weighted by atomic mass is 10.3. The second-order valence-corrected chi connectivity index (χ2v) is 9.14. The van der Waals surface area contributed by atoms with Gasteiger partial charge in [0, 0.05) is 4.47 Å². The Morgan fingerprint density at radius 1 is 0.571 bits per heavy atom. The molecule has 0 amide bonds. The van der Waals surface area contributed by atoms with Crippen molar-refractivity contribution in [3.8, 4) is 5.75 Å². The molecule has 0 bridgehead atoms. The smallest absolute Gasteiger partial charge is 0.119 e. The fourth-order valence-corrected chi connectivity index (χ4v) is 5.46. The van der Waals surface area contributed by atoms with Crippen LogP contribution in [0.1, 0.15) is 0 Å². The van der Waals surface area contributed by atoms with Gasteiger partial charge in [0.05, 0.1) is 7.11 Å². The normalized spacial score (nSPS) is 10.1. The third kappa shape index (κ3) is 5.79. The SMILES string of the molecule is COc1cccc(Br)c1.c1ccc(P(c2ccccc2)c2ccccc2)cc1. The fraction of sp³-hybridized carbons (Fsp3) is 0.0400. The van der Waals surface area contributed by atoms with E-state index in [2.05, 4.69) is 107 Å². The van der Waals surface area contributed by atoms with Gasteiger partial charge < -0.3 is 4.74 Å². The second kappa shape index (κ2) is 10.8. The van der Waals surface area contributed by atoms with Crippen LogP contribution in [0, 0.1) is 0 Å². The van der Waals surface area contributed by atoms with Crippen LogP contribution in [0.5, 0.6) is 5.75 Å². The summed E-state index contributed by atoms with van der Waals surface area (Å²) >= 11 is 3.32. The molecule has 4 aromatic rings. The molecule has 0 aliphatic rings. The van der Waals surface area contributed by atoms with Gasteiger partial charge >= 0.3 is 0 Å². The van der Waals surface area contributed by atoms with Gasteiger partial charge in [-0.05, 0) is 42.0 Å². The summed E-state index contributed by atoms with van der Waals surface area (Å²) in [6, 6.07) is 40.0. The molecular weight excluding hydrogens is 427 g/mol. The molecule has 0 saturated carbocycles. The van der Waals surface area contributed by atoms with E-state index in [1.807, 2.05) is 24.3 Å². The highest BCUT2D eigenvalue weighted by molar-refractivity contribution is 9.10. The molecule has 0 spiro atoms. The molecule has 3 heteroatoms. The van der Waals surface area contributed by atoms with Crippen molar-refractivity contribution in [1.82, 2.24) is 0 Å². The number of hydrogen-bond donors (Lipinski definition) is 0. The summed E-state index contributed by atoms with van der Waals surface area (Å²) in [6.07, 6.45) is 0. The maximum Gasteiger partial charge on any atom is 0.119 e. The maximum absolute atomic E-state index is 4.96. The van der Waals surface area contributed by atoms with Crippen LogP contribution in [0.15, 0.2) is 120 Å². The fourth-order valence-electron chi connectivity index (χ4n) is 2.77. The molecule has 4 aromatic carbocycles. The topological polar surface area (TPSA) is 9.23 Å². The van der Waals surface area contributed by atoms with Crippen molar-refractivity contribution in [2.24, 2.45) is 0 Å². The number of ether oxygens (including phenoxy) is 1. The molecule has 0 unspecified atom stereocenters. The molecule has 0 radical (unpaired) electrons. The van der Waals surface area contributed by atoms with Gasteiger partial charge in [-0.25, -0.2) is 0 Å². The van der Waals surface area contributed by atoms with Gasteiger partial charge in [0.2, 0.25) is 0 Å². The molecule has 4 rings (SSSR count). The molecule has 0 heterocycles. The number of hydrogen-bond acceptors (Lipinski definition) is 1. The second-order valence-electron chi connectivity index (χ2n) is 6.00. The predicted octanol–water partition coefficient (Wildman–Crippen LogP) is 5.90. The molecule has 0 aliphatic heterocycles. The summed E-state index contributed by atoms with van der Waals surface area (Å²) in [5.41, 5.74) is 0. The first kappa shape index (κ1) is 20.3. The van der Waals surface area contributed by atoms with Crippen LogP contribution < -0.4 is 20.7 Å². The van der Waals surface area contributed by atoms with Crippen LogP contribution in [-0.4, -0.2) is 7.11 Å². The van der Waals surface area contributed by atoms with Crippen molar-refractivity contribution in [1.29, 1.82) is 0 Å². The number of methoxy groups -OCH3 is 1. The molecule has 0 saturated heterocycles. The molecule has 1 nitrogen and oxygen atoms in total. The highest BCUT2D eigenvalue weighted by Gasteiger charge is 2.14. The lowest BCUT2D eigenvalue weighted by Gasteiger charge is -2.18. The highest BCUT2D eigenvalue weighted by atomic mass is 79.9. The summed E-state index contributed by atoms with van der Waals surface area (Å²) in [6.45, 7) is 0. The van der Waals surface area contributed by atoms with E-state index in [1.165, 1.54) is 15.9 Å². The van der Waals surface area contributed by atoms with Crippen molar-refractivity contribution >= 4 is 39.8 Å². The third-order valence-electron chi connectivity index (χ3n) is 4.07. The van der Waals surface area contributed by atoms with Crippen molar-refractivity contribution in [2.45, 2.75) is 0 Å². The van der Waals surface area contributed by atoms with E-state index in [0.717, 1.165) is 10.2 Å². The van der Waals surface area contributed by atoms with Crippen LogP contribution >= 0.6 is 23.9 Å². The minimum atomic E-state index is -0.446. The van der Waals surface area contributed by atoms with Crippen LogP contribution in [0.25, 0.3) is 0 Å². The summed E-state index contributed by atoms with van der Waals surface area (Å²) in [7, 11) is 1.21. The third-order valence-corrected chi connectivity index (χ3v) is 7.01. The summed E-state index contributed by atoms with van der Waals surface area (Å²) in [5, 5.41) is 4.19. The van der Waals surface area contributed by atoms with Gasteiger partial charge in [0.1, 0.15) is 5.75 Å². The van der Waals surface area contributed by atoms with Gasteiger partial charge in [0.15, 0.2) is 0 Å². The van der Waals surface area contributed by atoms with E-state index in [-0.39, 0.29) is 0 Å². The Morgan fingerprint density at radius 2 is 1.00 bits per heavy atom. The van der Waals surface area contributed by atoms with Crippen LogP contribution in [-0.2, 0) is 0 Å². The molecule has 0 aromatic heterocycles. The Labute approximate surface area is 176 Å². The van der Waals surface area contributed by atoms with Gasteiger partial charge in [-0.2, -0.15) is 0 Å². The average Bonchev–Trinajstić information content (AvgIpc) is 2.77. The van der Waals surface area contributed by atoms with Crippen molar-refractivity contribution in [3.63, 3.8) is 0 Å². The van der Waals surface area contributed by atoms with Gasteiger partial charge in [0.25, 0.3) is 0 Å². The van der Waals surface area contributed by atoms with Crippen molar-refractivity contribution < 1.29 is 4.74 Å². The first-order valence-electron chi connectivity index (χ1n) is 9.03. The molecule has 140 valence electrons. The quantitative estimate of drug-likeness (QED) is 0.353. The zero-order valence-electron chi connectivity index (χ0n) is 15.7. The van der Waals surface area contributed by atoms with E-state index in [9.17, 15) is 0 Å². The number of rotatable bonds is 4. The molecule has 0 fully saturated rings. The summed E-state index contributed by atoms with van der Waals surface area (Å²) < 4.78 is 6.01. The number of halogens is 1. The lowest BCUT2D eigenvalue weighted by molar-refractivity contribution is 0.414. The van der Waals surface area contributed by atoms with Crippen LogP contribution in [0.3, 0.4) is 0 Å². The molecule has 0 aliphatic carbocycles. The van der Waals surface area contributed by atoms with Gasteiger partial charge in [-0.1, -0.05) is 113 Å². The van der Waals surface area contributed by atoms with Crippen molar-refractivity contribution in [3.05, 3.63) is 120 Å². The van der Waals surface area contributed by atoms with E-state index in [0.29, 0.717) is 0 Å². The Hall–Kier alpha value is -2.41. The molecule has 28 heavy (non-hydrogen) atoms. The minimum absolute atomic E-state index is 0.446. The first-order valence-corrected chi connectivity index (χ1v) is 11.2. The average molecular weight is 449 g/mol. The highest BCUT2D eigenvalue weighted by Crippen LogP contribution is 2.32. The lowest BCUT2D eigenvalue weighted by Crippen LogP contribution is -2.20. The standard InChI is InChI=1S/C18H15P.C7H7BrO/c1-4-10-16(11-5-1)19(17-12-6-2-7-13-17)18-14-8-3-9-15-18;1-9-7-4-2-3-6(8)5-7/h1-15H;2-5H,1H3. The van der Waals surface area contributed by atoms with Crippen LogP contribution in [0.4, 0.5) is 0 Å². The zero-order valence-corrected chi connectivity index (χ0v) is 18.2. The predicted molar refractivity (Wildman–Crippen MR) is 126 cm³/mol. The molecule has 0 atom stereocenters. The van der Waals surface area contributed by atoms with E-state index >= 15 is 0 Å². The van der Waals surface area contributed by atoms with E-state index in [1.54, 1.807) is 7.11 Å². The van der Waals surface area contributed by atoms with Crippen LogP contribution in [0.2, 0.25) is 0 Å².